The normalized spacial score (nSPS) is 10.5. The van der Waals surface area contributed by atoms with Crippen molar-refractivity contribution in [3.63, 3.8) is 0 Å². The van der Waals surface area contributed by atoms with E-state index in [1.807, 2.05) is 11.6 Å². The van der Waals surface area contributed by atoms with Gasteiger partial charge in [-0.1, -0.05) is 13.0 Å². The van der Waals surface area contributed by atoms with E-state index < -0.39 is 0 Å². The van der Waals surface area contributed by atoms with E-state index >= 15 is 0 Å². The van der Waals surface area contributed by atoms with E-state index in [9.17, 15) is 0 Å². The number of nitrogens with two attached hydrogens (primary N) is 1. The maximum Gasteiger partial charge on any atom is 0.127 e. The molecule has 2 rings (SSSR count). The van der Waals surface area contributed by atoms with E-state index in [4.69, 9.17) is 10.5 Å². The molecule has 0 saturated carbocycles. The van der Waals surface area contributed by atoms with Crippen molar-refractivity contribution in [2.75, 3.05) is 7.11 Å². The molecule has 3 nitrogen and oxygen atoms in total. The fourth-order valence-corrected chi connectivity index (χ4v) is 2.63. The minimum Gasteiger partial charge on any atom is -0.496 e. The average Bonchev–Trinajstić information content (AvgIpc) is 2.86. The molecule has 0 amide bonds. The number of hydrogen-bond donors (Lipinski definition) is 1. The van der Waals surface area contributed by atoms with E-state index in [1.54, 1.807) is 18.4 Å². The SMILES string of the molecule is CCc1ccc(OC)c(-c2scnc2CN)c1. The number of hydrogen-bond acceptors (Lipinski definition) is 4. The van der Waals surface area contributed by atoms with Gasteiger partial charge in [0.15, 0.2) is 0 Å². The van der Waals surface area contributed by atoms with Gasteiger partial charge in [-0.2, -0.15) is 0 Å². The second-order valence-corrected chi connectivity index (χ2v) is 4.58. The molecule has 0 atom stereocenters. The van der Waals surface area contributed by atoms with Gasteiger partial charge in [0.05, 0.1) is 23.2 Å². The molecule has 1 aromatic heterocycles. The van der Waals surface area contributed by atoms with Crippen LogP contribution in [0.3, 0.4) is 0 Å². The smallest absolute Gasteiger partial charge is 0.127 e. The minimum atomic E-state index is 0.457. The summed E-state index contributed by atoms with van der Waals surface area (Å²) >= 11 is 1.60. The second-order valence-electron chi connectivity index (χ2n) is 3.72. The van der Waals surface area contributed by atoms with Gasteiger partial charge in [-0.25, -0.2) is 4.98 Å². The molecule has 0 aliphatic rings. The molecule has 0 spiro atoms. The number of nitrogens with zero attached hydrogens (tertiary/aromatic N) is 1. The molecule has 0 bridgehead atoms. The second kappa shape index (κ2) is 5.29. The molecule has 17 heavy (non-hydrogen) atoms. The number of rotatable bonds is 4. The highest BCUT2D eigenvalue weighted by atomic mass is 32.1. The van der Waals surface area contributed by atoms with Crippen LogP contribution in [0.4, 0.5) is 0 Å². The number of methoxy groups -OCH3 is 1. The van der Waals surface area contributed by atoms with E-state index in [1.165, 1.54) is 5.56 Å². The maximum absolute atomic E-state index is 5.70. The Balaban J connectivity index is 2.56. The molecule has 90 valence electrons. The van der Waals surface area contributed by atoms with Crippen molar-refractivity contribution >= 4 is 11.3 Å². The van der Waals surface area contributed by atoms with Crippen LogP contribution < -0.4 is 10.5 Å². The lowest BCUT2D eigenvalue weighted by molar-refractivity contribution is 0.416. The Morgan fingerprint density at radius 3 is 2.88 bits per heavy atom. The highest BCUT2D eigenvalue weighted by Crippen LogP contribution is 2.35. The van der Waals surface area contributed by atoms with Gasteiger partial charge in [0, 0.05) is 12.1 Å². The van der Waals surface area contributed by atoms with Crippen LogP contribution in [0.25, 0.3) is 10.4 Å². The minimum absolute atomic E-state index is 0.457. The highest BCUT2D eigenvalue weighted by molar-refractivity contribution is 7.13. The lowest BCUT2D eigenvalue weighted by Crippen LogP contribution is -1.99. The molecule has 2 N–H and O–H groups in total. The van der Waals surface area contributed by atoms with Crippen molar-refractivity contribution in [2.24, 2.45) is 5.73 Å². The van der Waals surface area contributed by atoms with Gasteiger partial charge in [0.2, 0.25) is 0 Å². The van der Waals surface area contributed by atoms with E-state index in [2.05, 4.69) is 24.0 Å². The first kappa shape index (κ1) is 12.1. The molecule has 0 saturated heterocycles. The van der Waals surface area contributed by atoms with E-state index in [0.717, 1.165) is 28.3 Å². The van der Waals surface area contributed by atoms with Gasteiger partial charge >= 0.3 is 0 Å². The maximum atomic E-state index is 5.70. The van der Waals surface area contributed by atoms with Gasteiger partial charge < -0.3 is 10.5 Å². The standard InChI is InChI=1S/C13H16N2OS/c1-3-9-4-5-12(16-2)10(6-9)13-11(7-14)15-8-17-13/h4-6,8H,3,7,14H2,1-2H3. The number of thiazole rings is 1. The topological polar surface area (TPSA) is 48.1 Å². The van der Waals surface area contributed by atoms with Gasteiger partial charge in [-0.15, -0.1) is 11.3 Å². The third-order valence-corrected chi connectivity index (χ3v) is 3.65. The molecule has 1 heterocycles. The summed E-state index contributed by atoms with van der Waals surface area (Å²) in [6.07, 6.45) is 1.01. The zero-order chi connectivity index (χ0) is 12.3. The summed E-state index contributed by atoms with van der Waals surface area (Å²) in [4.78, 5) is 5.39. The first-order valence-corrected chi connectivity index (χ1v) is 6.47. The Kier molecular flexibility index (Phi) is 3.76. The number of aryl methyl sites for hydroxylation is 1. The molecule has 0 radical (unpaired) electrons. The van der Waals surface area contributed by atoms with Crippen LogP contribution in [0.15, 0.2) is 23.7 Å². The summed E-state index contributed by atoms with van der Waals surface area (Å²) in [6.45, 7) is 2.60. The molecule has 0 unspecified atom stereocenters. The summed E-state index contributed by atoms with van der Waals surface area (Å²) in [7, 11) is 1.69. The molecule has 4 heteroatoms. The predicted octanol–water partition coefficient (Wildman–Crippen LogP) is 2.84. The largest absolute Gasteiger partial charge is 0.496 e. The Morgan fingerprint density at radius 2 is 2.24 bits per heavy atom. The Labute approximate surface area is 105 Å². The third-order valence-electron chi connectivity index (χ3n) is 2.75. The van der Waals surface area contributed by atoms with Crippen LogP contribution >= 0.6 is 11.3 Å². The summed E-state index contributed by atoms with van der Waals surface area (Å²) in [5, 5.41) is 0. The predicted molar refractivity (Wildman–Crippen MR) is 71.4 cm³/mol. The first-order chi connectivity index (χ1) is 8.30. The quantitative estimate of drug-likeness (QED) is 0.905. The van der Waals surface area contributed by atoms with E-state index in [-0.39, 0.29) is 0 Å². The summed E-state index contributed by atoms with van der Waals surface area (Å²) in [5.74, 6) is 0.876. The Morgan fingerprint density at radius 1 is 1.41 bits per heavy atom. The van der Waals surface area contributed by atoms with Crippen LogP contribution in [0.5, 0.6) is 5.75 Å². The number of aromatic nitrogens is 1. The van der Waals surface area contributed by atoms with Crippen molar-refractivity contribution in [2.45, 2.75) is 19.9 Å². The van der Waals surface area contributed by atoms with E-state index in [0.29, 0.717) is 6.54 Å². The van der Waals surface area contributed by atoms with Crippen molar-refractivity contribution in [3.05, 3.63) is 35.0 Å². The van der Waals surface area contributed by atoms with Gasteiger partial charge in [0.25, 0.3) is 0 Å². The fourth-order valence-electron chi connectivity index (χ4n) is 1.79. The molecular formula is C13H16N2OS. The van der Waals surface area contributed by atoms with Crippen molar-refractivity contribution < 1.29 is 4.74 Å². The van der Waals surface area contributed by atoms with Gasteiger partial charge in [-0.3, -0.25) is 0 Å². The third kappa shape index (κ3) is 2.33. The highest BCUT2D eigenvalue weighted by Gasteiger charge is 2.12. The molecule has 2 aromatic rings. The summed E-state index contributed by atoms with van der Waals surface area (Å²) in [6, 6.07) is 6.26. The number of ether oxygens (including phenoxy) is 1. The molecule has 0 aliphatic heterocycles. The monoisotopic (exact) mass is 248 g/mol. The van der Waals surface area contributed by atoms with Crippen molar-refractivity contribution in [1.29, 1.82) is 0 Å². The zero-order valence-corrected chi connectivity index (χ0v) is 10.9. The fraction of sp³-hybridized carbons (Fsp3) is 0.308. The summed E-state index contributed by atoms with van der Waals surface area (Å²) in [5.41, 5.74) is 10.8. The van der Waals surface area contributed by atoms with Gasteiger partial charge in [0.1, 0.15) is 5.75 Å². The van der Waals surface area contributed by atoms with Crippen LogP contribution in [0.1, 0.15) is 18.2 Å². The lowest BCUT2D eigenvalue weighted by Gasteiger charge is -2.09. The Hall–Kier alpha value is -1.39. The lowest BCUT2D eigenvalue weighted by atomic mass is 10.1. The molecule has 1 aromatic carbocycles. The van der Waals surface area contributed by atoms with Crippen molar-refractivity contribution in [1.82, 2.24) is 4.98 Å². The molecular weight excluding hydrogens is 232 g/mol. The van der Waals surface area contributed by atoms with Crippen LogP contribution in [0.2, 0.25) is 0 Å². The number of benzene rings is 1. The zero-order valence-electron chi connectivity index (χ0n) is 10.1. The first-order valence-electron chi connectivity index (χ1n) is 5.59. The molecule has 0 aliphatic carbocycles. The van der Waals surface area contributed by atoms with Crippen molar-refractivity contribution in [3.8, 4) is 16.2 Å². The van der Waals surface area contributed by atoms with Crippen LogP contribution in [-0.4, -0.2) is 12.1 Å². The van der Waals surface area contributed by atoms with Crippen LogP contribution in [-0.2, 0) is 13.0 Å². The Bertz CT molecular complexity index is 508. The van der Waals surface area contributed by atoms with Crippen LogP contribution in [0, 0.1) is 0 Å². The average molecular weight is 248 g/mol. The molecule has 0 fully saturated rings. The van der Waals surface area contributed by atoms with Gasteiger partial charge in [-0.05, 0) is 24.1 Å². The summed E-state index contributed by atoms with van der Waals surface area (Å²) < 4.78 is 5.41.